The molecule has 7 heteroatoms. The number of nitrogens with zero attached hydrogens (tertiary/aromatic N) is 3. The monoisotopic (exact) mass is 336 g/mol. The van der Waals surface area contributed by atoms with Crippen molar-refractivity contribution in [1.29, 1.82) is 0 Å². The first kappa shape index (κ1) is 14.4. The van der Waals surface area contributed by atoms with E-state index in [2.05, 4.69) is 20.3 Å². The van der Waals surface area contributed by atoms with Crippen molar-refractivity contribution in [3.8, 4) is 0 Å². The average molecular weight is 337 g/mol. The highest BCUT2D eigenvalue weighted by atomic mass is 35.5. The number of aromatic nitrogens is 3. The van der Waals surface area contributed by atoms with Gasteiger partial charge in [-0.2, -0.15) is 0 Å². The molecule has 2 aromatic heterocycles. The molecule has 2 heterocycles. The first-order chi connectivity index (χ1) is 10.2. The van der Waals surface area contributed by atoms with Crippen LogP contribution in [-0.2, 0) is 0 Å². The van der Waals surface area contributed by atoms with Gasteiger partial charge in [0.15, 0.2) is 5.16 Å². The molecule has 0 saturated carbocycles. The van der Waals surface area contributed by atoms with Gasteiger partial charge in [-0.3, -0.25) is 4.98 Å². The molecule has 1 N–H and O–H groups in total. The third kappa shape index (κ3) is 3.05. The summed E-state index contributed by atoms with van der Waals surface area (Å²) in [6, 6.07) is 9.14. The zero-order valence-corrected chi connectivity index (χ0v) is 13.3. The minimum atomic E-state index is 0.392. The minimum Gasteiger partial charge on any atom is -0.338 e. The van der Waals surface area contributed by atoms with Gasteiger partial charge in [-0.25, -0.2) is 9.97 Å². The third-order valence-corrected chi connectivity index (χ3v) is 3.91. The molecular formula is C14H10Cl2N4S. The van der Waals surface area contributed by atoms with Crippen molar-refractivity contribution in [2.75, 3.05) is 11.6 Å². The molecular weight excluding hydrogens is 327 g/mol. The van der Waals surface area contributed by atoms with E-state index in [1.807, 2.05) is 30.5 Å². The molecule has 0 aliphatic heterocycles. The van der Waals surface area contributed by atoms with Gasteiger partial charge >= 0.3 is 0 Å². The van der Waals surface area contributed by atoms with Crippen molar-refractivity contribution in [2.45, 2.75) is 5.16 Å². The number of rotatable bonds is 3. The van der Waals surface area contributed by atoms with Crippen molar-refractivity contribution in [3.05, 3.63) is 46.7 Å². The summed E-state index contributed by atoms with van der Waals surface area (Å²) < 4.78 is 0. The summed E-state index contributed by atoms with van der Waals surface area (Å²) >= 11 is 13.6. The van der Waals surface area contributed by atoms with Crippen molar-refractivity contribution in [3.63, 3.8) is 0 Å². The van der Waals surface area contributed by atoms with Gasteiger partial charge in [0.05, 0.1) is 16.2 Å². The van der Waals surface area contributed by atoms with Crippen LogP contribution >= 0.6 is 35.0 Å². The average Bonchev–Trinajstić information content (AvgIpc) is 2.50. The molecule has 3 aromatic rings. The van der Waals surface area contributed by atoms with Crippen LogP contribution in [0.5, 0.6) is 0 Å². The number of benzene rings is 1. The molecule has 3 rings (SSSR count). The van der Waals surface area contributed by atoms with Gasteiger partial charge in [-0.15, -0.1) is 0 Å². The van der Waals surface area contributed by atoms with Crippen LogP contribution in [0.2, 0.25) is 10.2 Å². The topological polar surface area (TPSA) is 50.7 Å². The van der Waals surface area contributed by atoms with Crippen molar-refractivity contribution in [1.82, 2.24) is 15.0 Å². The fraction of sp³-hybridized carbons (Fsp3) is 0.0714. The van der Waals surface area contributed by atoms with Crippen LogP contribution in [0.25, 0.3) is 10.9 Å². The van der Waals surface area contributed by atoms with E-state index >= 15 is 0 Å². The van der Waals surface area contributed by atoms with E-state index in [1.165, 1.54) is 11.8 Å². The van der Waals surface area contributed by atoms with E-state index in [1.54, 1.807) is 12.3 Å². The normalized spacial score (nSPS) is 10.8. The first-order valence-corrected chi connectivity index (χ1v) is 8.04. The van der Waals surface area contributed by atoms with E-state index in [9.17, 15) is 0 Å². The maximum Gasteiger partial charge on any atom is 0.190 e. The van der Waals surface area contributed by atoms with Crippen molar-refractivity contribution >= 4 is 57.4 Å². The molecule has 4 nitrogen and oxygen atoms in total. The summed E-state index contributed by atoms with van der Waals surface area (Å²) in [6.45, 7) is 0. The van der Waals surface area contributed by atoms with Crippen LogP contribution in [0.3, 0.4) is 0 Å². The SMILES string of the molecule is CSc1nc(Cl)cc(Nc2ccc(Cl)c3cccnc23)n1. The summed E-state index contributed by atoms with van der Waals surface area (Å²) in [7, 11) is 0. The fourth-order valence-electron chi connectivity index (χ4n) is 1.93. The quantitative estimate of drug-likeness (QED) is 0.423. The first-order valence-electron chi connectivity index (χ1n) is 6.06. The summed E-state index contributed by atoms with van der Waals surface area (Å²) in [5, 5.41) is 5.76. The van der Waals surface area contributed by atoms with E-state index in [4.69, 9.17) is 23.2 Å². The molecule has 21 heavy (non-hydrogen) atoms. The summed E-state index contributed by atoms with van der Waals surface area (Å²) in [4.78, 5) is 12.9. The lowest BCUT2D eigenvalue weighted by Crippen LogP contribution is -1.98. The van der Waals surface area contributed by atoms with Crippen LogP contribution in [0.1, 0.15) is 0 Å². The number of anilines is 2. The zero-order valence-electron chi connectivity index (χ0n) is 11.0. The second-order valence-electron chi connectivity index (χ2n) is 4.18. The number of hydrogen-bond donors (Lipinski definition) is 1. The van der Waals surface area contributed by atoms with E-state index < -0.39 is 0 Å². The van der Waals surface area contributed by atoms with Gasteiger partial charge < -0.3 is 5.32 Å². The number of hydrogen-bond acceptors (Lipinski definition) is 5. The Balaban J connectivity index is 2.06. The molecule has 106 valence electrons. The third-order valence-electron chi connectivity index (χ3n) is 2.84. The predicted molar refractivity (Wildman–Crippen MR) is 88.9 cm³/mol. The highest BCUT2D eigenvalue weighted by Crippen LogP contribution is 2.30. The summed E-state index contributed by atoms with van der Waals surface area (Å²) in [5.74, 6) is 0.619. The van der Waals surface area contributed by atoms with Gasteiger partial charge in [0.2, 0.25) is 0 Å². The Kier molecular flexibility index (Phi) is 4.14. The van der Waals surface area contributed by atoms with Crippen LogP contribution in [-0.4, -0.2) is 21.2 Å². The number of pyridine rings is 1. The van der Waals surface area contributed by atoms with Gasteiger partial charge in [-0.1, -0.05) is 35.0 Å². The molecule has 1 aromatic carbocycles. The van der Waals surface area contributed by atoms with Gasteiger partial charge in [0, 0.05) is 17.6 Å². The maximum absolute atomic E-state index is 6.19. The Morgan fingerprint density at radius 3 is 2.81 bits per heavy atom. The molecule has 0 bridgehead atoms. The Bertz CT molecular complexity index is 810. The summed E-state index contributed by atoms with van der Waals surface area (Å²) in [5.41, 5.74) is 1.60. The highest BCUT2D eigenvalue weighted by molar-refractivity contribution is 7.98. The lowest BCUT2D eigenvalue weighted by molar-refractivity contribution is 0.976. The number of nitrogens with one attached hydrogen (secondary N) is 1. The molecule has 0 spiro atoms. The van der Waals surface area contributed by atoms with Crippen LogP contribution in [0, 0.1) is 0 Å². The largest absolute Gasteiger partial charge is 0.338 e. The van der Waals surface area contributed by atoms with E-state index in [0.29, 0.717) is 21.2 Å². The van der Waals surface area contributed by atoms with Crippen LogP contribution in [0.4, 0.5) is 11.5 Å². The minimum absolute atomic E-state index is 0.392. The maximum atomic E-state index is 6.19. The number of thioether (sulfide) groups is 1. The molecule has 0 amide bonds. The predicted octanol–water partition coefficient (Wildman–Crippen LogP) is 4.80. The molecule has 0 aliphatic rings. The van der Waals surface area contributed by atoms with Crippen LogP contribution < -0.4 is 5.32 Å². The lowest BCUT2D eigenvalue weighted by Gasteiger charge is -2.10. The Hall–Kier alpha value is -1.56. The second kappa shape index (κ2) is 6.05. The van der Waals surface area contributed by atoms with Crippen LogP contribution in [0.15, 0.2) is 41.7 Å². The number of halogens is 2. The Morgan fingerprint density at radius 2 is 2.00 bits per heavy atom. The zero-order chi connectivity index (χ0) is 14.8. The fourth-order valence-corrected chi connectivity index (χ4v) is 2.76. The molecule has 0 unspecified atom stereocenters. The molecule has 0 atom stereocenters. The Labute approximate surface area is 135 Å². The van der Waals surface area contributed by atoms with E-state index in [0.717, 1.165) is 16.6 Å². The molecule has 0 saturated heterocycles. The molecule has 0 fully saturated rings. The lowest BCUT2D eigenvalue weighted by atomic mass is 10.2. The van der Waals surface area contributed by atoms with Crippen molar-refractivity contribution < 1.29 is 0 Å². The standard InChI is InChI=1S/C14H10Cl2N4S/c1-21-14-19-11(16)7-12(20-14)18-10-5-4-9(15)8-3-2-6-17-13(8)10/h2-7H,1H3,(H,18,19,20). The van der Waals surface area contributed by atoms with E-state index in [-0.39, 0.29) is 0 Å². The van der Waals surface area contributed by atoms with Gasteiger partial charge in [0.1, 0.15) is 11.0 Å². The van der Waals surface area contributed by atoms with Gasteiger partial charge in [-0.05, 0) is 30.5 Å². The molecule has 0 aliphatic carbocycles. The Morgan fingerprint density at radius 1 is 1.14 bits per heavy atom. The van der Waals surface area contributed by atoms with Crippen molar-refractivity contribution in [2.24, 2.45) is 0 Å². The second-order valence-corrected chi connectivity index (χ2v) is 5.75. The molecule has 0 radical (unpaired) electrons. The smallest absolute Gasteiger partial charge is 0.190 e. The number of fused-ring (bicyclic) bond motifs is 1. The summed E-state index contributed by atoms with van der Waals surface area (Å²) in [6.07, 6.45) is 3.62. The van der Waals surface area contributed by atoms with Gasteiger partial charge in [0.25, 0.3) is 0 Å². The highest BCUT2D eigenvalue weighted by Gasteiger charge is 2.08.